The van der Waals surface area contributed by atoms with E-state index in [0.717, 1.165) is 32.7 Å². The maximum Gasteiger partial charge on any atom is 0.164 e. The molecule has 0 saturated carbocycles. The summed E-state index contributed by atoms with van der Waals surface area (Å²) in [6, 6.07) is 99.2. The average molecular weight is 1360 g/mol. The monoisotopic (exact) mass is 1350 g/mol. The molecule has 0 fully saturated rings. The van der Waals surface area contributed by atoms with Crippen LogP contribution in [0.25, 0.3) is 89.7 Å². The van der Waals surface area contributed by atoms with Gasteiger partial charge in [-0.3, -0.25) is 0 Å². The van der Waals surface area contributed by atoms with Crippen molar-refractivity contribution in [3.05, 3.63) is 336 Å². The quantitative estimate of drug-likeness (QED) is 0.0959. The van der Waals surface area contributed by atoms with Gasteiger partial charge in [-0.05, 0) is 166 Å². The number of nitrogens with one attached hydrogen (secondary N) is 2. The van der Waals surface area contributed by atoms with E-state index in [-0.39, 0.29) is 21.7 Å². The Morgan fingerprint density at radius 3 is 0.702 bits per heavy atom. The predicted molar refractivity (Wildman–Crippen MR) is 416 cm³/mol. The van der Waals surface area contributed by atoms with Crippen molar-refractivity contribution in [2.75, 3.05) is 0 Å². The molecule has 15 aromatic rings. The summed E-state index contributed by atoms with van der Waals surface area (Å²) < 4.78 is 26.9. The standard InChI is InChI=1S/C92H74N8O4/c1-89(2,57-21-13-9-14-22-57)61-29-37-65(38-30-61)101-69-45-49-73-77(53-69)85-93-81(73)98-86-79-55-71(103-67-41-33-63(34-42-67)91(5,6)59-25-17-11-18-26-59)47-51-75(79)83(95-86)100-88-80-56-72(104-68-43-35-64(36-44-68)92(7,8)60-27-19-12-20-28-60)48-52-76(80)84(96-88)99-87-78-54-70(46-50-74(78)82(94-87)97-85)102-66-39-31-62(32-40-66)90(3,4)58-23-15-10-16-24-58/h9-56H,1-8H3,(H2,93,94,95,96,97,98,99,100). The molecule has 0 atom stereocenters. The molecule has 12 nitrogen and oxygen atoms in total. The molecule has 0 aliphatic carbocycles. The average Bonchev–Trinajstić information content (AvgIpc) is 1.59. The van der Waals surface area contributed by atoms with Gasteiger partial charge in [0.2, 0.25) is 0 Å². The number of H-pyrrole nitrogens is 2. The lowest BCUT2D eigenvalue weighted by Crippen LogP contribution is -2.18. The van der Waals surface area contributed by atoms with Gasteiger partial charge in [-0.25, -0.2) is 29.9 Å². The molecule has 104 heavy (non-hydrogen) atoms. The third kappa shape index (κ3) is 12.1. The first-order valence-electron chi connectivity index (χ1n) is 35.2. The molecular formula is C92H74N8O4. The molecule has 506 valence electrons. The van der Waals surface area contributed by atoms with Crippen molar-refractivity contribution in [3.8, 4) is 91.5 Å². The number of rotatable bonds is 16. The summed E-state index contributed by atoms with van der Waals surface area (Å²) >= 11 is 0. The summed E-state index contributed by atoms with van der Waals surface area (Å²) in [4.78, 5) is 39.8. The Morgan fingerprint density at radius 2 is 0.423 bits per heavy atom. The Labute approximate surface area is 603 Å². The van der Waals surface area contributed by atoms with Gasteiger partial charge in [0.05, 0.1) is 0 Å². The second-order valence-corrected chi connectivity index (χ2v) is 28.9. The van der Waals surface area contributed by atoms with E-state index in [9.17, 15) is 0 Å². The Morgan fingerprint density at radius 1 is 0.202 bits per heavy atom. The predicted octanol–water partition coefficient (Wildman–Crippen LogP) is 23.3. The van der Waals surface area contributed by atoms with E-state index >= 15 is 0 Å². The Hall–Kier alpha value is -12.8. The van der Waals surface area contributed by atoms with E-state index in [0.29, 0.717) is 103 Å². The number of aromatic nitrogens is 8. The first-order chi connectivity index (χ1) is 50.4. The van der Waals surface area contributed by atoms with Crippen molar-refractivity contribution in [3.63, 3.8) is 0 Å². The van der Waals surface area contributed by atoms with Crippen LogP contribution >= 0.6 is 0 Å². The Kier molecular flexibility index (Phi) is 15.9. The molecule has 12 heteroatoms. The highest BCUT2D eigenvalue weighted by atomic mass is 16.5. The molecule has 12 aromatic carbocycles. The second kappa shape index (κ2) is 25.7. The van der Waals surface area contributed by atoms with Crippen molar-refractivity contribution >= 4 is 44.1 Å². The zero-order chi connectivity index (χ0) is 70.9. The van der Waals surface area contributed by atoms with Crippen molar-refractivity contribution in [2.45, 2.75) is 77.0 Å². The van der Waals surface area contributed by atoms with Gasteiger partial charge < -0.3 is 28.9 Å². The minimum absolute atomic E-state index is 0.225. The van der Waals surface area contributed by atoms with Crippen LogP contribution in [0.4, 0.5) is 0 Å². The Bertz CT molecular complexity index is 5570. The molecule has 0 unspecified atom stereocenters. The summed E-state index contributed by atoms with van der Waals surface area (Å²) in [6.45, 7) is 17.9. The van der Waals surface area contributed by atoms with Crippen LogP contribution in [-0.2, 0) is 21.7 Å². The van der Waals surface area contributed by atoms with Crippen LogP contribution in [0.3, 0.4) is 0 Å². The van der Waals surface area contributed by atoms with Crippen LogP contribution in [0.2, 0.25) is 0 Å². The highest BCUT2D eigenvalue weighted by molar-refractivity contribution is 6.07. The van der Waals surface area contributed by atoms with Gasteiger partial charge >= 0.3 is 0 Å². The minimum atomic E-state index is -0.225. The lowest BCUT2D eigenvalue weighted by molar-refractivity contribution is 0.482. The Balaban J connectivity index is 0.816. The van der Waals surface area contributed by atoms with Gasteiger partial charge in [0.25, 0.3) is 0 Å². The largest absolute Gasteiger partial charge is 0.457 e. The highest BCUT2D eigenvalue weighted by Gasteiger charge is 2.29. The number of nitrogens with zero attached hydrogens (tertiary/aromatic N) is 6. The molecule has 17 rings (SSSR count). The molecule has 0 amide bonds. The van der Waals surface area contributed by atoms with Crippen molar-refractivity contribution < 1.29 is 18.9 Å². The van der Waals surface area contributed by atoms with Crippen molar-refractivity contribution in [1.29, 1.82) is 0 Å². The van der Waals surface area contributed by atoms with Crippen LogP contribution < -0.4 is 18.9 Å². The maximum absolute atomic E-state index is 6.73. The van der Waals surface area contributed by atoms with Gasteiger partial charge in [-0.1, -0.05) is 225 Å². The fraction of sp³-hybridized carbons (Fsp3) is 0.130. The SMILES string of the molecule is CC(C)(c1ccccc1)c1ccc(Oc2ccc3c(c2)-c2nc-3nc3[nH]c(nc4nc(nc5[nH]c(n2)c2ccc(Oc6ccc(C(C)(C)c7ccccc7)cc6)cc52)-c2ccc(Oc5ccc(C(C)(C)c6ccccc6)cc5)cc2-4)c2ccc(Oc4ccc(C(C)(C)c5ccccc5)cc4)cc32)cc1. The topological polar surface area (TPSA) is 146 Å². The molecule has 2 aliphatic heterocycles. The molecule has 5 heterocycles. The van der Waals surface area contributed by atoms with E-state index in [4.69, 9.17) is 48.9 Å². The fourth-order valence-corrected chi connectivity index (χ4v) is 14.4. The lowest BCUT2D eigenvalue weighted by Gasteiger charge is -2.26. The minimum Gasteiger partial charge on any atom is -0.457 e. The van der Waals surface area contributed by atoms with Crippen LogP contribution in [-0.4, -0.2) is 39.9 Å². The number of hydrogen-bond donors (Lipinski definition) is 2. The molecule has 2 N–H and O–H groups in total. The van der Waals surface area contributed by atoms with Crippen LogP contribution in [0, 0.1) is 0 Å². The number of fused-ring (bicyclic) bond motifs is 20. The van der Waals surface area contributed by atoms with E-state index in [1.54, 1.807) is 0 Å². The normalized spacial score (nSPS) is 12.2. The highest BCUT2D eigenvalue weighted by Crippen LogP contribution is 2.44. The van der Waals surface area contributed by atoms with E-state index in [1.807, 2.05) is 146 Å². The number of ether oxygens (including phenoxy) is 4. The first-order valence-corrected chi connectivity index (χ1v) is 35.2. The van der Waals surface area contributed by atoms with Crippen LogP contribution in [0.15, 0.2) is 291 Å². The zero-order valence-corrected chi connectivity index (χ0v) is 59.0. The number of aromatic amines is 2. The maximum atomic E-state index is 6.73. The van der Waals surface area contributed by atoms with Gasteiger partial charge in [0, 0.05) is 65.5 Å². The first kappa shape index (κ1) is 64.6. The second-order valence-electron chi connectivity index (χ2n) is 28.9. The van der Waals surface area contributed by atoms with Gasteiger partial charge in [0.1, 0.15) is 68.6 Å². The molecular weight excluding hydrogens is 1280 g/mol. The zero-order valence-electron chi connectivity index (χ0n) is 59.0. The molecule has 3 aromatic heterocycles. The molecule has 8 bridgehead atoms. The number of benzene rings is 12. The third-order valence-corrected chi connectivity index (χ3v) is 20.9. The summed E-state index contributed by atoms with van der Waals surface area (Å²) in [5.41, 5.74) is 13.6. The summed E-state index contributed by atoms with van der Waals surface area (Å²) in [5.74, 6) is 6.83. The van der Waals surface area contributed by atoms with Gasteiger partial charge in [-0.15, -0.1) is 0 Å². The van der Waals surface area contributed by atoms with Crippen LogP contribution in [0.1, 0.15) is 99.9 Å². The molecule has 0 radical (unpaired) electrons. The summed E-state index contributed by atoms with van der Waals surface area (Å²) in [6.07, 6.45) is 0. The third-order valence-electron chi connectivity index (χ3n) is 20.9. The van der Waals surface area contributed by atoms with E-state index in [2.05, 4.69) is 211 Å². The van der Waals surface area contributed by atoms with Crippen molar-refractivity contribution in [1.82, 2.24) is 39.9 Å². The molecule has 0 saturated heterocycles. The van der Waals surface area contributed by atoms with Gasteiger partial charge in [-0.2, -0.15) is 0 Å². The van der Waals surface area contributed by atoms with Gasteiger partial charge in [0.15, 0.2) is 23.3 Å². The lowest BCUT2D eigenvalue weighted by atomic mass is 9.78. The molecule has 0 spiro atoms. The number of hydrogen-bond acceptors (Lipinski definition) is 10. The van der Waals surface area contributed by atoms with E-state index in [1.165, 1.54) is 44.5 Å². The fourth-order valence-electron chi connectivity index (χ4n) is 14.4. The summed E-state index contributed by atoms with van der Waals surface area (Å²) in [7, 11) is 0. The van der Waals surface area contributed by atoms with Crippen molar-refractivity contribution in [2.24, 2.45) is 0 Å². The molecule has 2 aliphatic rings. The van der Waals surface area contributed by atoms with E-state index < -0.39 is 0 Å². The smallest absolute Gasteiger partial charge is 0.164 e. The summed E-state index contributed by atoms with van der Waals surface area (Å²) in [5, 5.41) is 3.04. The van der Waals surface area contributed by atoms with Crippen LogP contribution in [0.5, 0.6) is 46.0 Å².